The van der Waals surface area contributed by atoms with E-state index in [1.54, 1.807) is 6.07 Å². The van der Waals surface area contributed by atoms with Crippen LogP contribution in [0.5, 0.6) is 0 Å². The number of esters is 1. The first-order chi connectivity index (χ1) is 10.1. The van der Waals surface area contributed by atoms with Crippen molar-refractivity contribution < 1.29 is 19.0 Å². The van der Waals surface area contributed by atoms with Gasteiger partial charge in [0.15, 0.2) is 0 Å². The number of piperazine rings is 1. The van der Waals surface area contributed by atoms with Gasteiger partial charge < -0.3 is 9.84 Å². The Morgan fingerprint density at radius 3 is 2.57 bits per heavy atom. The SMILES string of the molecule is COC(=O)c1cc(F)ccc1CN1CCN(CCO)CC1. The van der Waals surface area contributed by atoms with Gasteiger partial charge in [0.1, 0.15) is 5.82 Å². The van der Waals surface area contributed by atoms with E-state index < -0.39 is 11.8 Å². The minimum Gasteiger partial charge on any atom is -0.465 e. The summed E-state index contributed by atoms with van der Waals surface area (Å²) in [7, 11) is 1.30. The normalized spacial score (nSPS) is 16.9. The fourth-order valence-corrected chi connectivity index (χ4v) is 2.54. The lowest BCUT2D eigenvalue weighted by Crippen LogP contribution is -2.46. The van der Waals surface area contributed by atoms with Gasteiger partial charge >= 0.3 is 5.97 Å². The quantitative estimate of drug-likeness (QED) is 0.812. The highest BCUT2D eigenvalue weighted by Crippen LogP contribution is 2.16. The molecule has 21 heavy (non-hydrogen) atoms. The van der Waals surface area contributed by atoms with Crippen LogP contribution in [0.1, 0.15) is 15.9 Å². The zero-order valence-corrected chi connectivity index (χ0v) is 12.2. The number of hydrogen-bond donors (Lipinski definition) is 1. The number of rotatable bonds is 5. The van der Waals surface area contributed by atoms with Gasteiger partial charge in [0.2, 0.25) is 0 Å². The maximum Gasteiger partial charge on any atom is 0.338 e. The van der Waals surface area contributed by atoms with Crippen LogP contribution in [0, 0.1) is 5.82 Å². The Kier molecular flexibility index (Phi) is 5.67. The summed E-state index contributed by atoms with van der Waals surface area (Å²) in [6.45, 7) is 4.94. The Morgan fingerprint density at radius 1 is 1.29 bits per heavy atom. The maximum atomic E-state index is 13.3. The van der Waals surface area contributed by atoms with Crippen LogP contribution in [0.2, 0.25) is 0 Å². The number of aliphatic hydroxyl groups is 1. The Hall–Kier alpha value is -1.50. The summed E-state index contributed by atoms with van der Waals surface area (Å²) in [5.74, 6) is -0.949. The maximum absolute atomic E-state index is 13.3. The number of carbonyl (C=O) groups is 1. The second kappa shape index (κ2) is 7.49. The van der Waals surface area contributed by atoms with E-state index in [2.05, 4.69) is 9.80 Å². The van der Waals surface area contributed by atoms with E-state index in [1.165, 1.54) is 19.2 Å². The molecule has 0 spiro atoms. The molecule has 5 nitrogen and oxygen atoms in total. The molecular formula is C15H21FN2O3. The standard InChI is InChI=1S/C15H21FN2O3/c1-21-15(20)14-10-13(16)3-2-12(14)11-18-6-4-17(5-7-18)8-9-19/h2-3,10,19H,4-9,11H2,1H3. The molecule has 1 aliphatic rings. The molecule has 1 aromatic carbocycles. The minimum absolute atomic E-state index is 0.171. The van der Waals surface area contributed by atoms with E-state index >= 15 is 0 Å². The summed E-state index contributed by atoms with van der Waals surface area (Å²) in [4.78, 5) is 16.1. The summed E-state index contributed by atoms with van der Waals surface area (Å²) in [6, 6.07) is 4.23. The van der Waals surface area contributed by atoms with Gasteiger partial charge in [-0.15, -0.1) is 0 Å². The van der Waals surface area contributed by atoms with Crippen LogP contribution in [0.4, 0.5) is 4.39 Å². The van der Waals surface area contributed by atoms with Gasteiger partial charge in [-0.05, 0) is 17.7 Å². The summed E-state index contributed by atoms with van der Waals surface area (Å²) in [6.07, 6.45) is 0. The van der Waals surface area contributed by atoms with Crippen LogP contribution in [-0.2, 0) is 11.3 Å². The molecule has 1 aromatic rings. The van der Waals surface area contributed by atoms with E-state index in [4.69, 9.17) is 9.84 Å². The molecular weight excluding hydrogens is 275 g/mol. The van der Waals surface area contributed by atoms with Crippen molar-refractivity contribution in [2.45, 2.75) is 6.54 Å². The first kappa shape index (κ1) is 15.9. The monoisotopic (exact) mass is 296 g/mol. The molecule has 0 aliphatic carbocycles. The minimum atomic E-state index is -0.511. The van der Waals surface area contributed by atoms with Gasteiger partial charge in [0.25, 0.3) is 0 Å². The molecule has 0 amide bonds. The third-order valence-electron chi connectivity index (χ3n) is 3.75. The van der Waals surface area contributed by atoms with Crippen LogP contribution in [0.15, 0.2) is 18.2 Å². The van der Waals surface area contributed by atoms with Crippen LogP contribution < -0.4 is 0 Å². The van der Waals surface area contributed by atoms with E-state index in [1.807, 2.05) is 0 Å². The molecule has 116 valence electrons. The molecule has 2 rings (SSSR count). The van der Waals surface area contributed by atoms with Gasteiger partial charge in [-0.1, -0.05) is 6.07 Å². The van der Waals surface area contributed by atoms with Gasteiger partial charge in [0, 0.05) is 39.3 Å². The lowest BCUT2D eigenvalue weighted by Gasteiger charge is -2.34. The lowest BCUT2D eigenvalue weighted by molar-refractivity contribution is 0.0595. The third kappa shape index (κ3) is 4.23. The molecule has 1 saturated heterocycles. The summed E-state index contributed by atoms with van der Waals surface area (Å²) in [5.41, 5.74) is 1.06. The molecule has 1 N–H and O–H groups in total. The molecule has 0 atom stereocenters. The molecule has 6 heteroatoms. The number of hydrogen-bond acceptors (Lipinski definition) is 5. The van der Waals surface area contributed by atoms with Gasteiger partial charge in [-0.25, -0.2) is 9.18 Å². The average molecular weight is 296 g/mol. The van der Waals surface area contributed by atoms with Crippen molar-refractivity contribution >= 4 is 5.97 Å². The Labute approximate surface area is 123 Å². The molecule has 0 aromatic heterocycles. The van der Waals surface area contributed by atoms with Crippen molar-refractivity contribution in [3.63, 3.8) is 0 Å². The molecule has 1 heterocycles. The van der Waals surface area contributed by atoms with Crippen molar-refractivity contribution in [2.24, 2.45) is 0 Å². The van der Waals surface area contributed by atoms with E-state index in [0.29, 0.717) is 13.1 Å². The Balaban J connectivity index is 2.02. The number of nitrogens with zero attached hydrogens (tertiary/aromatic N) is 2. The number of benzene rings is 1. The number of carbonyl (C=O) groups excluding carboxylic acids is 1. The number of ether oxygens (including phenoxy) is 1. The molecule has 1 fully saturated rings. The Morgan fingerprint density at radius 2 is 1.95 bits per heavy atom. The molecule has 0 saturated carbocycles. The fraction of sp³-hybridized carbons (Fsp3) is 0.533. The van der Waals surface area contributed by atoms with Crippen LogP contribution in [0.3, 0.4) is 0 Å². The molecule has 0 unspecified atom stereocenters. The van der Waals surface area contributed by atoms with Crippen molar-refractivity contribution in [3.8, 4) is 0 Å². The molecule has 0 bridgehead atoms. The average Bonchev–Trinajstić information content (AvgIpc) is 2.50. The molecule has 0 radical (unpaired) electrons. The lowest BCUT2D eigenvalue weighted by atomic mass is 10.1. The second-order valence-corrected chi connectivity index (χ2v) is 5.13. The summed E-state index contributed by atoms with van der Waals surface area (Å²) in [5, 5.41) is 8.93. The highest BCUT2D eigenvalue weighted by molar-refractivity contribution is 5.91. The highest BCUT2D eigenvalue weighted by atomic mass is 19.1. The summed E-state index contributed by atoms with van der Waals surface area (Å²) >= 11 is 0. The van der Waals surface area contributed by atoms with E-state index in [9.17, 15) is 9.18 Å². The van der Waals surface area contributed by atoms with Gasteiger partial charge in [-0.3, -0.25) is 9.80 Å². The number of methoxy groups -OCH3 is 1. The first-order valence-corrected chi connectivity index (χ1v) is 7.06. The smallest absolute Gasteiger partial charge is 0.338 e. The van der Waals surface area contributed by atoms with E-state index in [0.717, 1.165) is 31.7 Å². The largest absolute Gasteiger partial charge is 0.465 e. The fourth-order valence-electron chi connectivity index (χ4n) is 2.54. The third-order valence-corrected chi connectivity index (χ3v) is 3.75. The van der Waals surface area contributed by atoms with Crippen LogP contribution in [0.25, 0.3) is 0 Å². The van der Waals surface area contributed by atoms with Crippen LogP contribution >= 0.6 is 0 Å². The van der Waals surface area contributed by atoms with Crippen LogP contribution in [-0.4, -0.2) is 67.3 Å². The zero-order chi connectivity index (χ0) is 15.2. The van der Waals surface area contributed by atoms with E-state index in [-0.39, 0.29) is 12.2 Å². The van der Waals surface area contributed by atoms with Gasteiger partial charge in [-0.2, -0.15) is 0 Å². The topological polar surface area (TPSA) is 53.0 Å². The first-order valence-electron chi connectivity index (χ1n) is 7.06. The van der Waals surface area contributed by atoms with Crippen molar-refractivity contribution in [3.05, 3.63) is 35.1 Å². The van der Waals surface area contributed by atoms with Crippen molar-refractivity contribution in [1.29, 1.82) is 0 Å². The predicted molar refractivity (Wildman–Crippen MR) is 76.5 cm³/mol. The molecule has 1 aliphatic heterocycles. The zero-order valence-electron chi connectivity index (χ0n) is 12.2. The van der Waals surface area contributed by atoms with Crippen molar-refractivity contribution in [2.75, 3.05) is 46.4 Å². The number of aliphatic hydroxyl groups excluding tert-OH is 1. The summed E-state index contributed by atoms with van der Waals surface area (Å²) < 4.78 is 18.0. The number of halogens is 1. The highest BCUT2D eigenvalue weighted by Gasteiger charge is 2.19. The predicted octanol–water partition coefficient (Wildman–Crippen LogP) is 0.722. The van der Waals surface area contributed by atoms with Gasteiger partial charge in [0.05, 0.1) is 19.3 Å². The Bertz CT molecular complexity index is 488. The van der Waals surface area contributed by atoms with Crippen molar-refractivity contribution in [1.82, 2.24) is 9.80 Å². The second-order valence-electron chi connectivity index (χ2n) is 5.13. The number of β-amino-alcohol motifs (C(OH)–C–C–N with tert-alkyl or cyclic N) is 1.